The Balaban J connectivity index is 0.983. The van der Waals surface area contributed by atoms with E-state index >= 15 is 0 Å². The van der Waals surface area contributed by atoms with Crippen LogP contribution in [0.3, 0.4) is 0 Å². The molecule has 0 unspecified atom stereocenters. The summed E-state index contributed by atoms with van der Waals surface area (Å²) in [4.78, 5) is 20.0. The minimum absolute atomic E-state index is 0.684. The second-order valence-corrected chi connectivity index (χ2v) is 16.0. The molecule has 0 N–H and O–H groups in total. The molecule has 0 spiro atoms. The molecule has 63 heavy (non-hydrogen) atoms. The van der Waals surface area contributed by atoms with Gasteiger partial charge < -0.3 is 9.13 Å². The van der Waals surface area contributed by atoms with Gasteiger partial charge in [0.05, 0.1) is 68.1 Å². The molecule has 0 radical (unpaired) electrons. The van der Waals surface area contributed by atoms with E-state index in [1.807, 2.05) is 48.9 Å². The first-order valence-electron chi connectivity index (χ1n) is 21.1. The molecule has 294 valence electrons. The molecule has 7 aromatic carbocycles. The smallest absolute Gasteiger partial charge is 0.162 e. The van der Waals surface area contributed by atoms with Crippen molar-refractivity contribution < 1.29 is 0 Å². The van der Waals surface area contributed by atoms with Crippen LogP contribution in [0.5, 0.6) is 0 Å². The van der Waals surface area contributed by atoms with Crippen molar-refractivity contribution in [3.05, 3.63) is 213 Å². The maximum atomic E-state index is 5.27. The molecule has 6 heterocycles. The molecule has 13 aromatic rings. The number of pyridine rings is 2. The molecule has 0 aliphatic heterocycles. The summed E-state index contributed by atoms with van der Waals surface area (Å²) in [6.45, 7) is 0. The first-order chi connectivity index (χ1) is 31.2. The molecule has 0 saturated carbocycles. The van der Waals surface area contributed by atoms with E-state index in [1.54, 1.807) is 0 Å². The Hall–Kier alpha value is -8.68. The summed E-state index contributed by atoms with van der Waals surface area (Å²) >= 11 is 0. The van der Waals surface area contributed by atoms with Gasteiger partial charge in [-0.15, -0.1) is 0 Å². The van der Waals surface area contributed by atoms with Crippen molar-refractivity contribution >= 4 is 65.5 Å². The maximum Gasteiger partial charge on any atom is 0.162 e. The van der Waals surface area contributed by atoms with Crippen LogP contribution in [-0.4, -0.2) is 33.6 Å². The monoisotopic (exact) mass is 805 g/mol. The van der Waals surface area contributed by atoms with Crippen LogP contribution >= 0.6 is 0 Å². The van der Waals surface area contributed by atoms with Gasteiger partial charge in [-0.2, -0.15) is 0 Å². The van der Waals surface area contributed by atoms with Crippen LogP contribution < -0.4 is 0 Å². The molecule has 0 atom stereocenters. The van der Waals surface area contributed by atoms with Gasteiger partial charge in [0.15, 0.2) is 5.82 Å². The third-order valence-corrected chi connectivity index (χ3v) is 12.4. The lowest BCUT2D eigenvalue weighted by molar-refractivity contribution is 1.05. The summed E-state index contributed by atoms with van der Waals surface area (Å²) in [5.74, 6) is 1.50. The Morgan fingerprint density at radius 2 is 0.889 bits per heavy atom. The van der Waals surface area contributed by atoms with Gasteiger partial charge in [0.1, 0.15) is 5.82 Å². The molecule has 7 nitrogen and oxygen atoms in total. The van der Waals surface area contributed by atoms with Gasteiger partial charge in [-0.25, -0.2) is 9.97 Å². The number of rotatable bonds is 6. The SMILES string of the molecule is c1ccc(-c2cc(-n3c4ccccc4c4ccc(-c5ccc6c(c5)c5ccccc5n6-c5cncc(-n6c7ccccc7c7ncccc76)c5)cc43)nc(-c3ccccc3)n2)cc1. The highest BCUT2D eigenvalue weighted by Gasteiger charge is 2.20. The third kappa shape index (κ3) is 5.53. The molecule has 13 rings (SSSR count). The topological polar surface area (TPSA) is 66.3 Å². The predicted molar refractivity (Wildman–Crippen MR) is 257 cm³/mol. The molecule has 0 fully saturated rings. The van der Waals surface area contributed by atoms with E-state index in [9.17, 15) is 0 Å². The van der Waals surface area contributed by atoms with Crippen LogP contribution in [0, 0.1) is 0 Å². The lowest BCUT2D eigenvalue weighted by Gasteiger charge is -2.13. The van der Waals surface area contributed by atoms with E-state index in [4.69, 9.17) is 19.9 Å². The molecule has 0 bridgehead atoms. The normalized spacial score (nSPS) is 11.8. The van der Waals surface area contributed by atoms with Gasteiger partial charge >= 0.3 is 0 Å². The average Bonchev–Trinajstić information content (AvgIpc) is 4.00. The van der Waals surface area contributed by atoms with Gasteiger partial charge in [-0.3, -0.25) is 14.5 Å². The van der Waals surface area contributed by atoms with E-state index in [2.05, 4.69) is 177 Å². The highest BCUT2D eigenvalue weighted by atomic mass is 15.1. The fraction of sp³-hybridized carbons (Fsp3) is 0. The maximum absolute atomic E-state index is 5.27. The Kier molecular flexibility index (Phi) is 7.77. The molecular weight excluding hydrogens is 771 g/mol. The van der Waals surface area contributed by atoms with E-state index < -0.39 is 0 Å². The number of nitrogens with zero attached hydrogens (tertiary/aromatic N) is 7. The summed E-state index contributed by atoms with van der Waals surface area (Å²) in [5.41, 5.74) is 14.6. The number of aromatic nitrogens is 7. The van der Waals surface area contributed by atoms with Gasteiger partial charge in [-0.1, -0.05) is 133 Å². The quantitative estimate of drug-likeness (QED) is 0.168. The molecule has 0 aliphatic rings. The molecule has 7 heteroatoms. The fourth-order valence-electron chi connectivity index (χ4n) is 9.57. The van der Waals surface area contributed by atoms with Crippen molar-refractivity contribution in [3.63, 3.8) is 0 Å². The van der Waals surface area contributed by atoms with E-state index in [0.29, 0.717) is 5.82 Å². The van der Waals surface area contributed by atoms with Crippen molar-refractivity contribution in [2.75, 3.05) is 0 Å². The Morgan fingerprint density at radius 1 is 0.333 bits per heavy atom. The summed E-state index contributed by atoms with van der Waals surface area (Å²) in [5, 5.41) is 5.81. The van der Waals surface area contributed by atoms with Crippen molar-refractivity contribution in [2.45, 2.75) is 0 Å². The zero-order valence-corrected chi connectivity index (χ0v) is 33.8. The largest absolute Gasteiger partial charge is 0.308 e. The van der Waals surface area contributed by atoms with Crippen LogP contribution in [0.1, 0.15) is 0 Å². The second kappa shape index (κ2) is 13.9. The van der Waals surface area contributed by atoms with Gasteiger partial charge in [0.25, 0.3) is 0 Å². The standard InChI is InChI=1S/C56H35N7/c1-3-14-36(15-4-1)47-33-54(60-56(59-47)37-16-5-2-6-17-37)63-49-22-11-7-18-42(49)44-27-25-39(31-53(44)63)38-26-28-51-46(30-38)43-19-8-10-21-48(43)61(51)40-32-41(35-57-34-40)62-50-23-12-9-20-45(50)55-52(62)24-13-29-58-55/h1-35H. The minimum Gasteiger partial charge on any atom is -0.308 e. The van der Waals surface area contributed by atoms with Gasteiger partial charge in [0, 0.05) is 50.3 Å². The van der Waals surface area contributed by atoms with Crippen molar-refractivity contribution in [1.82, 2.24) is 33.6 Å². The van der Waals surface area contributed by atoms with Crippen LogP contribution in [0.15, 0.2) is 213 Å². The van der Waals surface area contributed by atoms with E-state index in [-0.39, 0.29) is 0 Å². The van der Waals surface area contributed by atoms with Gasteiger partial charge in [0.2, 0.25) is 0 Å². The Morgan fingerprint density at radius 3 is 1.65 bits per heavy atom. The molecule has 0 aliphatic carbocycles. The number of fused-ring (bicyclic) bond motifs is 9. The van der Waals surface area contributed by atoms with Crippen LogP contribution in [0.4, 0.5) is 0 Å². The van der Waals surface area contributed by atoms with E-state index in [1.165, 1.54) is 21.5 Å². The number of hydrogen-bond acceptors (Lipinski definition) is 4. The molecule has 6 aromatic heterocycles. The highest BCUT2D eigenvalue weighted by Crippen LogP contribution is 2.39. The van der Waals surface area contributed by atoms with Crippen molar-refractivity contribution in [1.29, 1.82) is 0 Å². The summed E-state index contributed by atoms with van der Waals surface area (Å²) in [6.07, 6.45) is 5.76. The fourth-order valence-corrected chi connectivity index (χ4v) is 9.57. The van der Waals surface area contributed by atoms with Crippen LogP contribution in [-0.2, 0) is 0 Å². The third-order valence-electron chi connectivity index (χ3n) is 12.4. The van der Waals surface area contributed by atoms with Crippen LogP contribution in [0.25, 0.3) is 117 Å². The number of hydrogen-bond donors (Lipinski definition) is 0. The van der Waals surface area contributed by atoms with E-state index in [0.717, 1.165) is 89.1 Å². The molecular formula is C56H35N7. The average molecular weight is 806 g/mol. The Labute approximate surface area is 361 Å². The van der Waals surface area contributed by atoms with Gasteiger partial charge in [-0.05, 0) is 65.7 Å². The molecule has 0 saturated heterocycles. The zero-order chi connectivity index (χ0) is 41.4. The van der Waals surface area contributed by atoms with Crippen molar-refractivity contribution in [3.8, 4) is 51.0 Å². The first kappa shape index (κ1) is 35.1. The summed E-state index contributed by atoms with van der Waals surface area (Å²) in [6, 6.07) is 68.4. The summed E-state index contributed by atoms with van der Waals surface area (Å²) in [7, 11) is 0. The zero-order valence-electron chi connectivity index (χ0n) is 33.8. The predicted octanol–water partition coefficient (Wildman–Crippen LogP) is 13.6. The lowest BCUT2D eigenvalue weighted by Crippen LogP contribution is -2.02. The second-order valence-electron chi connectivity index (χ2n) is 16.0. The van der Waals surface area contributed by atoms with Crippen LogP contribution in [0.2, 0.25) is 0 Å². The Bertz CT molecular complexity index is 3810. The minimum atomic E-state index is 0.684. The lowest BCUT2D eigenvalue weighted by atomic mass is 10.0. The molecule has 0 amide bonds. The summed E-state index contributed by atoms with van der Waals surface area (Å²) < 4.78 is 6.90. The number of para-hydroxylation sites is 3. The number of benzene rings is 7. The van der Waals surface area contributed by atoms with Crippen molar-refractivity contribution in [2.24, 2.45) is 0 Å². The first-order valence-corrected chi connectivity index (χ1v) is 21.1. The highest BCUT2D eigenvalue weighted by molar-refractivity contribution is 6.13.